The van der Waals surface area contributed by atoms with Crippen LogP contribution < -0.4 is 5.32 Å². The second kappa shape index (κ2) is 5.52. The fraction of sp³-hybridized carbons (Fsp3) is 0.500. The molecule has 1 N–H and O–H groups in total. The van der Waals surface area contributed by atoms with E-state index in [4.69, 9.17) is 4.74 Å². The van der Waals surface area contributed by atoms with Crippen molar-refractivity contribution in [2.75, 3.05) is 19.0 Å². The van der Waals surface area contributed by atoms with Crippen molar-refractivity contribution >= 4 is 37.5 Å². The van der Waals surface area contributed by atoms with Crippen LogP contribution in [0.2, 0.25) is 0 Å². The Bertz CT molecular complexity index is 366. The summed E-state index contributed by atoms with van der Waals surface area (Å²) in [5.41, 5.74) is 1.13. The Morgan fingerprint density at radius 3 is 2.81 bits per heavy atom. The molecule has 0 spiro atoms. The van der Waals surface area contributed by atoms with Crippen molar-refractivity contribution < 1.29 is 4.74 Å². The van der Waals surface area contributed by atoms with E-state index in [0.717, 1.165) is 27.2 Å². The van der Waals surface area contributed by atoms with Crippen LogP contribution in [0, 0.1) is 5.92 Å². The average Bonchev–Trinajstić information content (AvgIpc) is 3.06. The van der Waals surface area contributed by atoms with E-state index in [9.17, 15) is 0 Å². The zero-order chi connectivity index (χ0) is 11.5. The molecule has 1 atom stereocenters. The van der Waals surface area contributed by atoms with Gasteiger partial charge in [-0.15, -0.1) is 0 Å². The Morgan fingerprint density at radius 2 is 2.19 bits per heavy atom. The van der Waals surface area contributed by atoms with Crippen molar-refractivity contribution in [2.24, 2.45) is 5.92 Å². The number of rotatable bonds is 5. The minimum Gasteiger partial charge on any atom is -0.383 e. The normalized spacial score (nSPS) is 17.2. The number of methoxy groups -OCH3 is 1. The van der Waals surface area contributed by atoms with Gasteiger partial charge in [0.15, 0.2) is 0 Å². The number of ether oxygens (including phenoxy) is 1. The third-order valence-corrected chi connectivity index (χ3v) is 3.99. The lowest BCUT2D eigenvalue weighted by molar-refractivity contribution is 0.179. The van der Waals surface area contributed by atoms with Gasteiger partial charge in [-0.1, -0.05) is 15.9 Å². The van der Waals surface area contributed by atoms with Crippen molar-refractivity contribution in [3.05, 3.63) is 27.1 Å². The molecule has 1 aliphatic carbocycles. The Hall–Kier alpha value is -0.0600. The molecule has 0 saturated heterocycles. The van der Waals surface area contributed by atoms with Gasteiger partial charge < -0.3 is 10.1 Å². The molecule has 2 rings (SSSR count). The second-order valence-corrected chi connectivity index (χ2v) is 5.94. The summed E-state index contributed by atoms with van der Waals surface area (Å²) in [7, 11) is 1.76. The van der Waals surface area contributed by atoms with Gasteiger partial charge in [-0.3, -0.25) is 0 Å². The maximum Gasteiger partial charge on any atom is 0.0666 e. The first-order valence-electron chi connectivity index (χ1n) is 5.41. The van der Waals surface area contributed by atoms with Crippen molar-refractivity contribution in [2.45, 2.75) is 18.9 Å². The molecular formula is C12H15Br2NO. The van der Waals surface area contributed by atoms with Crippen molar-refractivity contribution in [1.82, 2.24) is 0 Å². The van der Waals surface area contributed by atoms with E-state index >= 15 is 0 Å². The molecule has 0 bridgehead atoms. The van der Waals surface area contributed by atoms with E-state index in [1.54, 1.807) is 7.11 Å². The summed E-state index contributed by atoms with van der Waals surface area (Å²) in [6, 6.07) is 6.59. The molecule has 1 aromatic carbocycles. The fourth-order valence-corrected chi connectivity index (χ4v) is 2.50. The van der Waals surface area contributed by atoms with E-state index in [2.05, 4.69) is 43.2 Å². The quantitative estimate of drug-likeness (QED) is 0.866. The third kappa shape index (κ3) is 3.22. The van der Waals surface area contributed by atoms with Crippen LogP contribution in [0.5, 0.6) is 0 Å². The maximum absolute atomic E-state index is 5.26. The molecule has 0 aliphatic heterocycles. The number of benzene rings is 1. The monoisotopic (exact) mass is 347 g/mol. The van der Waals surface area contributed by atoms with E-state index < -0.39 is 0 Å². The van der Waals surface area contributed by atoms with Crippen molar-refractivity contribution in [3.8, 4) is 0 Å². The molecule has 0 aromatic heterocycles. The zero-order valence-corrected chi connectivity index (χ0v) is 12.3. The van der Waals surface area contributed by atoms with Gasteiger partial charge in [-0.25, -0.2) is 0 Å². The maximum atomic E-state index is 5.26. The molecule has 1 unspecified atom stereocenters. The highest BCUT2D eigenvalue weighted by molar-refractivity contribution is 9.11. The summed E-state index contributed by atoms with van der Waals surface area (Å²) >= 11 is 7.04. The summed E-state index contributed by atoms with van der Waals surface area (Å²) in [6.07, 6.45) is 2.62. The highest BCUT2D eigenvalue weighted by Crippen LogP contribution is 2.36. The average molecular weight is 349 g/mol. The summed E-state index contributed by atoms with van der Waals surface area (Å²) in [6.45, 7) is 0.767. The molecule has 4 heteroatoms. The number of halogens is 2. The van der Waals surface area contributed by atoms with Gasteiger partial charge in [0.05, 0.1) is 12.6 Å². The van der Waals surface area contributed by atoms with Crippen molar-refractivity contribution in [3.63, 3.8) is 0 Å². The van der Waals surface area contributed by atoms with E-state index in [1.807, 2.05) is 12.1 Å². The molecule has 1 aromatic rings. The Morgan fingerprint density at radius 1 is 1.44 bits per heavy atom. The van der Waals surface area contributed by atoms with Crippen molar-refractivity contribution in [1.29, 1.82) is 0 Å². The van der Waals surface area contributed by atoms with Crippen LogP contribution in [0.15, 0.2) is 27.1 Å². The predicted octanol–water partition coefficient (Wildman–Crippen LogP) is 4.05. The third-order valence-electron chi connectivity index (χ3n) is 2.81. The first-order chi connectivity index (χ1) is 7.70. The molecule has 1 fully saturated rings. The number of hydrogen-bond acceptors (Lipinski definition) is 2. The Kier molecular flexibility index (Phi) is 4.27. The summed E-state index contributed by atoms with van der Waals surface area (Å²) in [4.78, 5) is 0. The lowest BCUT2D eigenvalue weighted by Gasteiger charge is -2.19. The van der Waals surface area contributed by atoms with Gasteiger partial charge in [0.1, 0.15) is 0 Å². The molecule has 16 heavy (non-hydrogen) atoms. The fourth-order valence-electron chi connectivity index (χ4n) is 1.78. The van der Waals surface area contributed by atoms with Crippen LogP contribution in [0.25, 0.3) is 0 Å². The van der Waals surface area contributed by atoms with Gasteiger partial charge >= 0.3 is 0 Å². The molecule has 0 radical (unpaired) electrons. The standard InChI is InChI=1S/C12H15Br2NO/c1-16-7-12(8-2-3-8)15-11-6-9(13)4-5-10(11)14/h4-6,8,12,15H,2-3,7H2,1H3. The minimum absolute atomic E-state index is 0.426. The smallest absolute Gasteiger partial charge is 0.0666 e. The molecule has 88 valence electrons. The number of nitrogens with one attached hydrogen (secondary N) is 1. The minimum atomic E-state index is 0.426. The van der Waals surface area contributed by atoms with E-state index in [0.29, 0.717) is 6.04 Å². The topological polar surface area (TPSA) is 21.3 Å². The van der Waals surface area contributed by atoms with E-state index in [-0.39, 0.29) is 0 Å². The lowest BCUT2D eigenvalue weighted by atomic mass is 10.2. The van der Waals surface area contributed by atoms with Crippen LogP contribution in [0.1, 0.15) is 12.8 Å². The first kappa shape index (κ1) is 12.4. The highest BCUT2D eigenvalue weighted by atomic mass is 79.9. The van der Waals surface area contributed by atoms with Crippen LogP contribution in [0.4, 0.5) is 5.69 Å². The molecule has 0 heterocycles. The second-order valence-electron chi connectivity index (χ2n) is 4.17. The Balaban J connectivity index is 2.08. The van der Waals surface area contributed by atoms with Gasteiger partial charge in [0.2, 0.25) is 0 Å². The molecule has 1 saturated carbocycles. The molecular weight excluding hydrogens is 334 g/mol. The summed E-state index contributed by atoms with van der Waals surface area (Å²) in [5, 5.41) is 3.55. The van der Waals surface area contributed by atoms with Crippen LogP contribution in [0.3, 0.4) is 0 Å². The Labute approximate surface area is 113 Å². The zero-order valence-electron chi connectivity index (χ0n) is 9.17. The number of hydrogen-bond donors (Lipinski definition) is 1. The van der Waals surface area contributed by atoms with Gasteiger partial charge in [0, 0.05) is 21.7 Å². The van der Waals surface area contributed by atoms with E-state index in [1.165, 1.54) is 12.8 Å². The molecule has 0 amide bonds. The number of anilines is 1. The largest absolute Gasteiger partial charge is 0.383 e. The van der Waals surface area contributed by atoms with Crippen LogP contribution in [-0.2, 0) is 4.74 Å². The van der Waals surface area contributed by atoms with Gasteiger partial charge in [0.25, 0.3) is 0 Å². The van der Waals surface area contributed by atoms with Gasteiger partial charge in [-0.2, -0.15) is 0 Å². The summed E-state index contributed by atoms with van der Waals surface area (Å²) < 4.78 is 7.44. The first-order valence-corrected chi connectivity index (χ1v) is 7.00. The molecule has 1 aliphatic rings. The van der Waals surface area contributed by atoms with Crippen LogP contribution >= 0.6 is 31.9 Å². The van der Waals surface area contributed by atoms with Crippen LogP contribution in [-0.4, -0.2) is 19.8 Å². The predicted molar refractivity (Wildman–Crippen MR) is 73.9 cm³/mol. The lowest BCUT2D eigenvalue weighted by Crippen LogP contribution is -2.27. The van der Waals surface area contributed by atoms with Gasteiger partial charge in [-0.05, 0) is 52.9 Å². The highest BCUT2D eigenvalue weighted by Gasteiger charge is 2.31. The summed E-state index contributed by atoms with van der Waals surface area (Å²) in [5.74, 6) is 0.769. The molecule has 2 nitrogen and oxygen atoms in total. The SMILES string of the molecule is COCC(Nc1cc(Br)ccc1Br)C1CC1.